The molecular weight excluding hydrogens is 300 g/mol. The molecule has 0 fully saturated rings. The fourth-order valence-electron chi connectivity index (χ4n) is 3.33. The van der Waals surface area contributed by atoms with Crippen molar-refractivity contribution in [3.8, 4) is 0 Å². The topological polar surface area (TPSA) is 46.4 Å². The van der Waals surface area contributed by atoms with E-state index in [9.17, 15) is 10.1 Å². The van der Waals surface area contributed by atoms with Crippen molar-refractivity contribution in [1.82, 2.24) is 0 Å². The van der Waals surface area contributed by atoms with Crippen LogP contribution in [0.2, 0.25) is 0 Å². The number of rotatable bonds is 3. The van der Waals surface area contributed by atoms with Gasteiger partial charge >= 0.3 is 0 Å². The Bertz CT molecular complexity index is 836. The van der Waals surface area contributed by atoms with Crippen molar-refractivity contribution < 1.29 is 4.92 Å². The van der Waals surface area contributed by atoms with Crippen LogP contribution in [0.4, 0.5) is 5.69 Å². The maximum atomic E-state index is 11.5. The third kappa shape index (κ3) is 2.60. The lowest BCUT2D eigenvalue weighted by Gasteiger charge is -2.23. The van der Waals surface area contributed by atoms with Crippen molar-refractivity contribution >= 4 is 11.4 Å². The van der Waals surface area contributed by atoms with Gasteiger partial charge in [-0.25, -0.2) is 0 Å². The standard InChI is InChI=1S/C20H20N2O2/c1-20(2)16-11-7-8-12-18(16)21(3)19(20)14-13-17(22(23)24)15-9-5-4-6-10-15/h4-14H,1-3H3/b17-13+,19-14+. The van der Waals surface area contributed by atoms with E-state index >= 15 is 0 Å². The number of para-hydroxylation sites is 1. The molecule has 4 nitrogen and oxygen atoms in total. The number of anilines is 1. The first-order valence-electron chi connectivity index (χ1n) is 7.88. The van der Waals surface area contributed by atoms with Crippen LogP contribution in [-0.2, 0) is 5.41 Å². The van der Waals surface area contributed by atoms with Gasteiger partial charge in [-0.2, -0.15) is 0 Å². The maximum Gasteiger partial charge on any atom is 0.276 e. The number of benzene rings is 2. The molecule has 0 aliphatic carbocycles. The van der Waals surface area contributed by atoms with Gasteiger partial charge in [-0.1, -0.05) is 50.2 Å². The molecule has 0 radical (unpaired) electrons. The minimum Gasteiger partial charge on any atom is -0.347 e. The SMILES string of the molecule is CN1/C(=C/C=C(\c2ccccc2)[N+](=O)[O-])C(C)(C)c2ccccc21. The Morgan fingerprint density at radius 2 is 1.71 bits per heavy atom. The summed E-state index contributed by atoms with van der Waals surface area (Å²) >= 11 is 0. The van der Waals surface area contributed by atoms with E-state index in [1.54, 1.807) is 30.3 Å². The lowest BCUT2D eigenvalue weighted by Crippen LogP contribution is -2.22. The summed E-state index contributed by atoms with van der Waals surface area (Å²) in [5.41, 5.74) is 3.93. The molecule has 1 aliphatic rings. The van der Waals surface area contributed by atoms with Crippen LogP contribution in [0.25, 0.3) is 5.70 Å². The summed E-state index contributed by atoms with van der Waals surface area (Å²) in [7, 11) is 2.00. The first-order chi connectivity index (χ1) is 11.4. The average molecular weight is 320 g/mol. The molecule has 3 rings (SSSR count). The predicted octanol–water partition coefficient (Wildman–Crippen LogP) is 4.62. The number of hydrogen-bond donors (Lipinski definition) is 0. The summed E-state index contributed by atoms with van der Waals surface area (Å²) in [6.07, 6.45) is 3.47. The molecule has 0 spiro atoms. The van der Waals surface area contributed by atoms with Crippen LogP contribution in [0.3, 0.4) is 0 Å². The van der Waals surface area contributed by atoms with Crippen molar-refractivity contribution in [1.29, 1.82) is 0 Å². The Morgan fingerprint density at radius 3 is 2.33 bits per heavy atom. The van der Waals surface area contributed by atoms with Crippen LogP contribution in [0.5, 0.6) is 0 Å². The highest BCUT2D eigenvalue weighted by atomic mass is 16.6. The van der Waals surface area contributed by atoms with Crippen molar-refractivity contribution in [2.24, 2.45) is 0 Å². The minimum absolute atomic E-state index is 0.100. The summed E-state index contributed by atoms with van der Waals surface area (Å²) in [6, 6.07) is 17.2. The molecule has 0 aromatic heterocycles. The summed E-state index contributed by atoms with van der Waals surface area (Å²) < 4.78 is 0. The second-order valence-corrected chi connectivity index (χ2v) is 6.43. The van der Waals surface area contributed by atoms with E-state index in [1.165, 1.54) is 5.56 Å². The third-order valence-corrected chi connectivity index (χ3v) is 4.61. The van der Waals surface area contributed by atoms with Crippen LogP contribution in [-0.4, -0.2) is 12.0 Å². The van der Waals surface area contributed by atoms with Gasteiger partial charge in [0, 0.05) is 29.9 Å². The van der Waals surface area contributed by atoms with Crippen molar-refractivity contribution in [3.05, 3.63) is 93.7 Å². The molecule has 4 heteroatoms. The molecule has 122 valence electrons. The van der Waals surface area contributed by atoms with Crippen molar-refractivity contribution in [3.63, 3.8) is 0 Å². The smallest absolute Gasteiger partial charge is 0.276 e. The van der Waals surface area contributed by atoms with Crippen LogP contribution >= 0.6 is 0 Å². The molecule has 2 aromatic rings. The lowest BCUT2D eigenvalue weighted by atomic mass is 9.83. The van der Waals surface area contributed by atoms with Crippen molar-refractivity contribution in [2.75, 3.05) is 11.9 Å². The van der Waals surface area contributed by atoms with Gasteiger partial charge < -0.3 is 4.90 Å². The van der Waals surface area contributed by atoms with E-state index in [2.05, 4.69) is 30.9 Å². The first-order valence-corrected chi connectivity index (χ1v) is 7.88. The molecule has 0 unspecified atom stereocenters. The van der Waals surface area contributed by atoms with Crippen LogP contribution in [0.1, 0.15) is 25.0 Å². The molecule has 2 aromatic carbocycles. The molecule has 24 heavy (non-hydrogen) atoms. The monoisotopic (exact) mass is 320 g/mol. The second kappa shape index (κ2) is 5.96. The zero-order valence-electron chi connectivity index (χ0n) is 14.1. The van der Waals surface area contributed by atoms with E-state index in [-0.39, 0.29) is 16.0 Å². The van der Waals surface area contributed by atoms with Gasteiger partial charge in [-0.3, -0.25) is 10.1 Å². The highest BCUT2D eigenvalue weighted by molar-refractivity contribution is 5.71. The first kappa shape index (κ1) is 16.0. The van der Waals surface area contributed by atoms with Crippen LogP contribution in [0, 0.1) is 10.1 Å². The summed E-state index contributed by atoms with van der Waals surface area (Å²) in [4.78, 5) is 13.2. The van der Waals surface area contributed by atoms with Gasteiger partial charge in [-0.05, 0) is 29.8 Å². The van der Waals surface area contributed by atoms with Gasteiger partial charge in [0.15, 0.2) is 0 Å². The zero-order valence-corrected chi connectivity index (χ0v) is 14.1. The van der Waals surface area contributed by atoms with Gasteiger partial charge in [0.05, 0.1) is 10.5 Å². The molecule has 1 heterocycles. The number of hydrogen-bond acceptors (Lipinski definition) is 3. The molecule has 1 aliphatic heterocycles. The van der Waals surface area contributed by atoms with Gasteiger partial charge in [0.25, 0.3) is 5.70 Å². The maximum absolute atomic E-state index is 11.5. The summed E-state index contributed by atoms with van der Waals surface area (Å²) in [6.45, 7) is 4.28. The van der Waals surface area contributed by atoms with E-state index in [1.807, 2.05) is 31.3 Å². The molecule has 0 N–H and O–H groups in total. The molecule has 0 atom stereocenters. The Balaban J connectivity index is 2.07. The Morgan fingerprint density at radius 1 is 1.08 bits per heavy atom. The minimum atomic E-state index is -0.332. The number of nitro groups is 1. The fraction of sp³-hybridized carbons (Fsp3) is 0.200. The van der Waals surface area contributed by atoms with Crippen molar-refractivity contribution in [2.45, 2.75) is 19.3 Å². The number of allylic oxidation sites excluding steroid dienone is 3. The quantitative estimate of drug-likeness (QED) is 0.612. The molecule has 0 bridgehead atoms. The number of likely N-dealkylation sites (N-methyl/N-ethyl adjacent to an activating group) is 1. The molecular formula is C20H20N2O2. The normalized spacial score (nSPS) is 17.9. The number of fused-ring (bicyclic) bond motifs is 1. The molecule has 0 saturated carbocycles. The van der Waals surface area contributed by atoms with Crippen LogP contribution < -0.4 is 4.90 Å². The molecule has 0 saturated heterocycles. The summed E-state index contributed by atoms with van der Waals surface area (Å²) in [5, 5.41) is 11.5. The average Bonchev–Trinajstić information content (AvgIpc) is 2.76. The fourth-order valence-corrected chi connectivity index (χ4v) is 3.33. The second-order valence-electron chi connectivity index (χ2n) is 6.43. The zero-order chi connectivity index (χ0) is 17.3. The Hall–Kier alpha value is -2.88. The van der Waals surface area contributed by atoms with E-state index in [4.69, 9.17) is 0 Å². The third-order valence-electron chi connectivity index (χ3n) is 4.61. The van der Waals surface area contributed by atoms with Gasteiger partial charge in [0.1, 0.15) is 0 Å². The van der Waals surface area contributed by atoms with Crippen LogP contribution in [0.15, 0.2) is 72.4 Å². The highest BCUT2D eigenvalue weighted by Crippen LogP contribution is 2.46. The van der Waals surface area contributed by atoms with E-state index < -0.39 is 0 Å². The number of nitrogens with zero attached hydrogens (tertiary/aromatic N) is 2. The van der Waals surface area contributed by atoms with E-state index in [0.29, 0.717) is 5.56 Å². The predicted molar refractivity (Wildman–Crippen MR) is 97.4 cm³/mol. The van der Waals surface area contributed by atoms with Gasteiger partial charge in [0.2, 0.25) is 0 Å². The molecule has 0 amide bonds. The highest BCUT2D eigenvalue weighted by Gasteiger charge is 2.37. The van der Waals surface area contributed by atoms with E-state index in [0.717, 1.165) is 11.4 Å². The Labute approximate surface area is 141 Å². The lowest BCUT2D eigenvalue weighted by molar-refractivity contribution is -0.375. The Kier molecular flexibility index (Phi) is 3.97. The summed E-state index contributed by atoms with van der Waals surface area (Å²) in [5.74, 6) is 0. The largest absolute Gasteiger partial charge is 0.347 e. The van der Waals surface area contributed by atoms with Gasteiger partial charge in [-0.15, -0.1) is 0 Å².